The number of alkyl halides is 3. The molecule has 1 fully saturated rings. The van der Waals surface area contributed by atoms with E-state index < -0.39 is 23.6 Å². The maximum Gasteiger partial charge on any atom is 0.419 e. The summed E-state index contributed by atoms with van der Waals surface area (Å²) in [6, 6.07) is 2.21. The Morgan fingerprint density at radius 3 is 2.67 bits per heavy atom. The van der Waals surface area contributed by atoms with Crippen molar-refractivity contribution in [3.8, 4) is 11.3 Å². The fourth-order valence-electron chi connectivity index (χ4n) is 3.89. The normalized spacial score (nSPS) is 19.1. The number of fused-ring (bicyclic) bond motifs is 2. The number of anilines is 1. The molecule has 1 spiro atoms. The molecule has 0 aliphatic carbocycles. The molecular formula is C17H19F3N6O. The molecular weight excluding hydrogens is 361 g/mol. The summed E-state index contributed by atoms with van der Waals surface area (Å²) in [6.45, 7) is 3.40. The molecule has 7 nitrogen and oxygen atoms in total. The van der Waals surface area contributed by atoms with Crippen molar-refractivity contribution in [3.63, 3.8) is 0 Å². The molecule has 144 valence electrons. The number of carbonyl (C=O) groups excluding carboxylic acids is 1. The largest absolute Gasteiger partial charge is 0.419 e. The van der Waals surface area contributed by atoms with E-state index in [1.54, 1.807) is 22.6 Å². The number of aromatic nitrogens is 3. The van der Waals surface area contributed by atoms with Gasteiger partial charge in [-0.2, -0.15) is 18.3 Å². The van der Waals surface area contributed by atoms with Crippen LogP contribution in [-0.2, 0) is 22.9 Å². The van der Waals surface area contributed by atoms with Crippen molar-refractivity contribution in [3.05, 3.63) is 29.6 Å². The third kappa shape index (κ3) is 2.75. The number of hydrogen-bond acceptors (Lipinski definition) is 5. The third-order valence-corrected chi connectivity index (χ3v) is 5.33. The Balaban J connectivity index is 1.63. The van der Waals surface area contributed by atoms with Crippen molar-refractivity contribution in [1.29, 1.82) is 0 Å². The van der Waals surface area contributed by atoms with Crippen LogP contribution in [0.4, 0.5) is 19.0 Å². The third-order valence-electron chi connectivity index (χ3n) is 5.33. The quantitative estimate of drug-likeness (QED) is 0.819. The molecule has 4 rings (SSSR count). The minimum absolute atomic E-state index is 0.101. The first-order valence-corrected chi connectivity index (χ1v) is 8.56. The lowest BCUT2D eigenvalue weighted by Gasteiger charge is -2.48. The summed E-state index contributed by atoms with van der Waals surface area (Å²) in [4.78, 5) is 17.4. The van der Waals surface area contributed by atoms with Crippen molar-refractivity contribution < 1.29 is 18.0 Å². The molecule has 0 saturated carbocycles. The Kier molecular flexibility index (Phi) is 3.74. The van der Waals surface area contributed by atoms with Gasteiger partial charge in [0.1, 0.15) is 5.82 Å². The fourth-order valence-corrected chi connectivity index (χ4v) is 3.89. The number of hydrogen-bond donors (Lipinski definition) is 2. The van der Waals surface area contributed by atoms with E-state index in [1.165, 1.54) is 6.20 Å². The SMILES string of the molecule is CC(N)C(=O)N1CC2(CCn3nc(-c4cnc(N)c(C(F)(F)F)c4)cc32)C1. The van der Waals surface area contributed by atoms with Crippen LogP contribution in [-0.4, -0.2) is 44.7 Å². The average molecular weight is 380 g/mol. The van der Waals surface area contributed by atoms with Gasteiger partial charge in [-0.05, 0) is 25.5 Å². The van der Waals surface area contributed by atoms with Crippen LogP contribution in [0.15, 0.2) is 18.3 Å². The monoisotopic (exact) mass is 380 g/mol. The molecule has 1 unspecified atom stereocenters. The van der Waals surface area contributed by atoms with E-state index in [9.17, 15) is 18.0 Å². The summed E-state index contributed by atoms with van der Waals surface area (Å²) < 4.78 is 41.0. The van der Waals surface area contributed by atoms with Crippen LogP contribution in [0.1, 0.15) is 24.6 Å². The van der Waals surface area contributed by atoms with Crippen molar-refractivity contribution in [2.24, 2.45) is 5.73 Å². The number of nitrogens with zero attached hydrogens (tertiary/aromatic N) is 4. The Morgan fingerprint density at radius 2 is 2.04 bits per heavy atom. The van der Waals surface area contributed by atoms with E-state index in [1.807, 2.05) is 0 Å². The Bertz CT molecular complexity index is 914. The van der Waals surface area contributed by atoms with Gasteiger partial charge < -0.3 is 16.4 Å². The Labute approximate surface area is 153 Å². The summed E-state index contributed by atoms with van der Waals surface area (Å²) in [5, 5.41) is 4.44. The first kappa shape index (κ1) is 17.8. The number of rotatable bonds is 2. The minimum atomic E-state index is -4.58. The van der Waals surface area contributed by atoms with Gasteiger partial charge in [0.25, 0.3) is 0 Å². The van der Waals surface area contributed by atoms with E-state index in [4.69, 9.17) is 11.5 Å². The van der Waals surface area contributed by atoms with Crippen molar-refractivity contribution in [1.82, 2.24) is 19.7 Å². The highest BCUT2D eigenvalue weighted by Gasteiger charge is 2.51. The van der Waals surface area contributed by atoms with Crippen LogP contribution in [0.2, 0.25) is 0 Å². The van der Waals surface area contributed by atoms with E-state index in [0.717, 1.165) is 18.2 Å². The highest BCUT2D eigenvalue weighted by molar-refractivity contribution is 5.82. The van der Waals surface area contributed by atoms with Crippen molar-refractivity contribution >= 4 is 11.7 Å². The van der Waals surface area contributed by atoms with Crippen LogP contribution in [0.5, 0.6) is 0 Å². The highest BCUT2D eigenvalue weighted by Crippen LogP contribution is 2.44. The predicted molar refractivity (Wildman–Crippen MR) is 91.4 cm³/mol. The molecule has 2 aromatic rings. The van der Waals surface area contributed by atoms with E-state index in [0.29, 0.717) is 25.3 Å². The molecule has 0 bridgehead atoms. The van der Waals surface area contributed by atoms with Crippen molar-refractivity contribution in [2.75, 3.05) is 18.8 Å². The summed E-state index contributed by atoms with van der Waals surface area (Å²) in [6.07, 6.45) is -2.45. The Hall–Kier alpha value is -2.62. The number of nitrogens with two attached hydrogens (primary N) is 2. The van der Waals surface area contributed by atoms with Crippen LogP contribution >= 0.6 is 0 Å². The fraction of sp³-hybridized carbons (Fsp3) is 0.471. The van der Waals surface area contributed by atoms with Gasteiger partial charge in [0, 0.05) is 42.5 Å². The molecule has 1 amide bonds. The standard InChI is InChI=1S/C17H19F3N6O/c1-9(21)15(27)25-7-16(8-25)2-3-26-13(16)5-12(24-26)10-4-11(17(18,19)20)14(22)23-6-10/h4-6,9H,2-3,7-8,21H2,1H3,(H2,22,23). The highest BCUT2D eigenvalue weighted by atomic mass is 19.4. The molecule has 10 heteroatoms. The maximum atomic E-state index is 13.1. The minimum Gasteiger partial charge on any atom is -0.383 e. The number of halogens is 3. The van der Waals surface area contributed by atoms with Gasteiger partial charge in [0.05, 0.1) is 17.3 Å². The topological polar surface area (TPSA) is 103 Å². The van der Waals surface area contributed by atoms with Gasteiger partial charge >= 0.3 is 6.18 Å². The second-order valence-corrected chi connectivity index (χ2v) is 7.31. The number of amides is 1. The molecule has 0 aromatic carbocycles. The van der Waals surface area contributed by atoms with Gasteiger partial charge in [-0.15, -0.1) is 0 Å². The summed E-state index contributed by atoms with van der Waals surface area (Å²) >= 11 is 0. The van der Waals surface area contributed by atoms with E-state index in [-0.39, 0.29) is 16.9 Å². The van der Waals surface area contributed by atoms with Gasteiger partial charge in [-0.3, -0.25) is 9.48 Å². The number of aryl methyl sites for hydroxylation is 1. The molecule has 0 radical (unpaired) electrons. The lowest BCUT2D eigenvalue weighted by Crippen LogP contribution is -2.62. The zero-order valence-corrected chi connectivity index (χ0v) is 14.6. The van der Waals surface area contributed by atoms with E-state index >= 15 is 0 Å². The van der Waals surface area contributed by atoms with Crippen LogP contribution < -0.4 is 11.5 Å². The maximum absolute atomic E-state index is 13.1. The Morgan fingerprint density at radius 1 is 1.33 bits per heavy atom. The summed E-state index contributed by atoms with van der Waals surface area (Å²) in [7, 11) is 0. The second kappa shape index (κ2) is 5.69. The molecule has 27 heavy (non-hydrogen) atoms. The molecule has 1 saturated heterocycles. The number of pyridine rings is 1. The molecule has 4 N–H and O–H groups in total. The van der Waals surface area contributed by atoms with Gasteiger partial charge in [0.2, 0.25) is 5.91 Å². The molecule has 2 aliphatic rings. The van der Waals surface area contributed by atoms with Crippen molar-refractivity contribution in [2.45, 2.75) is 37.5 Å². The first-order chi connectivity index (χ1) is 12.6. The molecule has 2 aromatic heterocycles. The van der Waals surface area contributed by atoms with Crippen LogP contribution in [0, 0.1) is 0 Å². The number of carbonyl (C=O) groups is 1. The second-order valence-electron chi connectivity index (χ2n) is 7.31. The zero-order chi connectivity index (χ0) is 19.6. The average Bonchev–Trinajstić information content (AvgIpc) is 3.11. The first-order valence-electron chi connectivity index (χ1n) is 8.56. The molecule has 1 atom stereocenters. The summed E-state index contributed by atoms with van der Waals surface area (Å²) in [5.74, 6) is -0.658. The predicted octanol–water partition coefficient (Wildman–Crippen LogP) is 1.38. The van der Waals surface area contributed by atoms with Gasteiger partial charge in [0.15, 0.2) is 0 Å². The van der Waals surface area contributed by atoms with E-state index in [2.05, 4.69) is 10.1 Å². The smallest absolute Gasteiger partial charge is 0.383 e. The summed E-state index contributed by atoms with van der Waals surface area (Å²) in [5.41, 5.74) is 11.4. The molecule has 2 aliphatic heterocycles. The van der Waals surface area contributed by atoms with Crippen LogP contribution in [0.25, 0.3) is 11.3 Å². The van der Waals surface area contributed by atoms with Gasteiger partial charge in [-0.1, -0.05) is 0 Å². The lowest BCUT2D eigenvalue weighted by atomic mass is 9.75. The molecule has 4 heterocycles. The number of likely N-dealkylation sites (tertiary alicyclic amines) is 1. The zero-order valence-electron chi connectivity index (χ0n) is 14.6. The lowest BCUT2D eigenvalue weighted by molar-refractivity contribution is -0.140. The number of nitrogen functional groups attached to an aromatic ring is 1. The van der Waals surface area contributed by atoms with Crippen LogP contribution in [0.3, 0.4) is 0 Å². The van der Waals surface area contributed by atoms with Gasteiger partial charge in [-0.25, -0.2) is 4.98 Å².